The molecule has 0 amide bonds. The standard InChI is InChI=1S/C3H9NO4S.C3H9NO2/c4-1-3(5)2-9(6,7)8;4-1-3(6)2-5/h3,5H,1-2,4H2,(H,6,7,8);3,5-6H,1-2,4H2. The lowest BCUT2D eigenvalue weighted by Gasteiger charge is -2.02. The number of hydrogen-bond donors (Lipinski definition) is 6. The van der Waals surface area contributed by atoms with Gasteiger partial charge in [0.05, 0.1) is 18.8 Å². The average molecular weight is 246 g/mol. The van der Waals surface area contributed by atoms with Crippen molar-refractivity contribution in [1.82, 2.24) is 0 Å². The molecular weight excluding hydrogens is 228 g/mol. The molecule has 0 rings (SSSR count). The smallest absolute Gasteiger partial charge is 0.267 e. The van der Waals surface area contributed by atoms with Gasteiger partial charge >= 0.3 is 0 Å². The van der Waals surface area contributed by atoms with Gasteiger partial charge in [-0.05, 0) is 0 Å². The molecule has 0 aliphatic carbocycles. The van der Waals surface area contributed by atoms with Gasteiger partial charge in [-0.25, -0.2) is 0 Å². The van der Waals surface area contributed by atoms with E-state index in [9.17, 15) is 8.42 Å². The van der Waals surface area contributed by atoms with Gasteiger partial charge < -0.3 is 26.8 Å². The SMILES string of the molecule is NCC(O)CO.NCC(O)CS(=O)(=O)O. The Morgan fingerprint density at radius 3 is 1.53 bits per heavy atom. The molecule has 0 heterocycles. The van der Waals surface area contributed by atoms with Crippen LogP contribution in [0.5, 0.6) is 0 Å². The van der Waals surface area contributed by atoms with E-state index < -0.39 is 28.1 Å². The summed E-state index contributed by atoms with van der Waals surface area (Å²) in [6.07, 6.45) is -1.90. The molecule has 0 spiro atoms. The van der Waals surface area contributed by atoms with E-state index in [1.807, 2.05) is 0 Å². The molecule has 2 unspecified atom stereocenters. The van der Waals surface area contributed by atoms with E-state index in [0.717, 1.165) is 0 Å². The Labute approximate surface area is 88.3 Å². The Balaban J connectivity index is 0. The quantitative estimate of drug-likeness (QED) is 0.271. The van der Waals surface area contributed by atoms with E-state index >= 15 is 0 Å². The first-order valence-electron chi connectivity index (χ1n) is 4.09. The summed E-state index contributed by atoms with van der Waals surface area (Å²) in [5.41, 5.74) is 9.73. The van der Waals surface area contributed by atoms with Gasteiger partial charge in [0.15, 0.2) is 0 Å². The van der Waals surface area contributed by atoms with Gasteiger partial charge in [0, 0.05) is 13.1 Å². The summed E-state index contributed by atoms with van der Waals surface area (Å²) in [5, 5.41) is 24.8. The molecule has 0 bridgehead atoms. The highest BCUT2D eigenvalue weighted by Crippen LogP contribution is 1.86. The predicted molar refractivity (Wildman–Crippen MR) is 53.6 cm³/mol. The molecular formula is C6H18N2O6S. The van der Waals surface area contributed by atoms with Crippen molar-refractivity contribution in [3.05, 3.63) is 0 Å². The number of aliphatic hydroxyl groups excluding tert-OH is 3. The first kappa shape index (κ1) is 17.1. The summed E-state index contributed by atoms with van der Waals surface area (Å²) in [6, 6.07) is 0. The van der Waals surface area contributed by atoms with Crippen LogP contribution in [0.25, 0.3) is 0 Å². The van der Waals surface area contributed by atoms with Gasteiger partial charge in [0.25, 0.3) is 10.1 Å². The first-order valence-corrected chi connectivity index (χ1v) is 5.70. The van der Waals surface area contributed by atoms with Gasteiger partial charge in [-0.15, -0.1) is 0 Å². The Hall–Kier alpha value is -0.290. The molecule has 0 aromatic heterocycles. The Bertz CT molecular complexity index is 228. The molecule has 0 aliphatic heterocycles. The maximum absolute atomic E-state index is 9.94. The molecule has 0 fully saturated rings. The highest BCUT2D eigenvalue weighted by molar-refractivity contribution is 7.85. The zero-order valence-corrected chi connectivity index (χ0v) is 8.97. The third kappa shape index (κ3) is 16.4. The minimum absolute atomic E-state index is 0.135. The van der Waals surface area contributed by atoms with E-state index in [1.165, 1.54) is 0 Å². The second-order valence-electron chi connectivity index (χ2n) is 2.71. The van der Waals surface area contributed by atoms with Crippen molar-refractivity contribution in [1.29, 1.82) is 0 Å². The van der Waals surface area contributed by atoms with Crippen LogP contribution < -0.4 is 11.5 Å². The van der Waals surface area contributed by atoms with Crippen LogP contribution >= 0.6 is 0 Å². The fraction of sp³-hybridized carbons (Fsp3) is 1.00. The van der Waals surface area contributed by atoms with Crippen LogP contribution in [-0.4, -0.2) is 65.9 Å². The van der Waals surface area contributed by atoms with Crippen molar-refractivity contribution in [3.63, 3.8) is 0 Å². The van der Waals surface area contributed by atoms with Crippen molar-refractivity contribution >= 4 is 10.1 Å². The molecule has 0 aromatic rings. The highest BCUT2D eigenvalue weighted by Gasteiger charge is 2.11. The molecule has 0 aliphatic rings. The third-order valence-electron chi connectivity index (χ3n) is 1.16. The van der Waals surface area contributed by atoms with Crippen molar-refractivity contribution < 1.29 is 28.3 Å². The summed E-state index contributed by atoms with van der Waals surface area (Å²) < 4.78 is 28.0. The summed E-state index contributed by atoms with van der Waals surface area (Å²) in [7, 11) is -4.07. The van der Waals surface area contributed by atoms with Crippen LogP contribution in [0.1, 0.15) is 0 Å². The minimum atomic E-state index is -4.07. The minimum Gasteiger partial charge on any atom is -0.394 e. The third-order valence-corrected chi connectivity index (χ3v) is 1.96. The van der Waals surface area contributed by atoms with Crippen LogP contribution in [0.4, 0.5) is 0 Å². The fourth-order valence-corrected chi connectivity index (χ4v) is 1.01. The van der Waals surface area contributed by atoms with Gasteiger partial charge in [0.1, 0.15) is 5.75 Å². The topological polar surface area (TPSA) is 167 Å². The summed E-state index contributed by atoms with van der Waals surface area (Å²) in [4.78, 5) is 0. The predicted octanol–water partition coefficient (Wildman–Crippen LogP) is -3.51. The zero-order chi connectivity index (χ0) is 12.5. The summed E-state index contributed by atoms with van der Waals surface area (Å²) in [6.45, 7) is -0.271. The molecule has 0 saturated heterocycles. The number of hydrogen-bond acceptors (Lipinski definition) is 7. The lowest BCUT2D eigenvalue weighted by atomic mass is 10.4. The Kier molecular flexibility index (Phi) is 10.2. The van der Waals surface area contributed by atoms with Crippen molar-refractivity contribution in [2.75, 3.05) is 25.4 Å². The molecule has 2 atom stereocenters. The monoisotopic (exact) mass is 246 g/mol. The van der Waals surface area contributed by atoms with Crippen molar-refractivity contribution in [3.8, 4) is 0 Å². The number of aliphatic hydroxyl groups is 3. The van der Waals surface area contributed by atoms with Crippen molar-refractivity contribution in [2.24, 2.45) is 11.5 Å². The van der Waals surface area contributed by atoms with E-state index in [1.54, 1.807) is 0 Å². The molecule has 94 valence electrons. The second-order valence-corrected chi connectivity index (χ2v) is 4.21. The fourth-order valence-electron chi connectivity index (χ4n) is 0.386. The summed E-state index contributed by atoms with van der Waals surface area (Å²) in [5.74, 6) is -0.691. The van der Waals surface area contributed by atoms with Gasteiger partial charge in [-0.2, -0.15) is 8.42 Å². The van der Waals surface area contributed by atoms with E-state index in [0.29, 0.717) is 0 Å². The Morgan fingerprint density at radius 2 is 1.47 bits per heavy atom. The molecule has 8 N–H and O–H groups in total. The molecule has 9 heteroatoms. The first-order chi connectivity index (χ1) is 6.76. The van der Waals surface area contributed by atoms with E-state index in [4.69, 9.17) is 31.3 Å². The highest BCUT2D eigenvalue weighted by atomic mass is 32.2. The van der Waals surface area contributed by atoms with Crippen LogP contribution in [0.15, 0.2) is 0 Å². The number of nitrogens with two attached hydrogens (primary N) is 2. The Morgan fingerprint density at radius 1 is 1.07 bits per heavy atom. The molecule has 15 heavy (non-hydrogen) atoms. The van der Waals surface area contributed by atoms with Crippen LogP contribution in [-0.2, 0) is 10.1 Å². The van der Waals surface area contributed by atoms with E-state index in [2.05, 4.69) is 0 Å². The second kappa shape index (κ2) is 8.97. The van der Waals surface area contributed by atoms with E-state index in [-0.39, 0.29) is 19.7 Å². The lowest BCUT2D eigenvalue weighted by molar-refractivity contribution is 0.102. The average Bonchev–Trinajstić information content (AvgIpc) is 2.15. The largest absolute Gasteiger partial charge is 0.394 e. The van der Waals surface area contributed by atoms with Gasteiger partial charge in [-0.3, -0.25) is 4.55 Å². The molecule has 0 radical (unpaired) electrons. The molecule has 0 saturated carbocycles. The molecule has 0 aromatic carbocycles. The number of rotatable bonds is 5. The zero-order valence-electron chi connectivity index (χ0n) is 8.15. The van der Waals surface area contributed by atoms with Gasteiger partial charge in [-0.1, -0.05) is 0 Å². The van der Waals surface area contributed by atoms with Gasteiger partial charge in [0.2, 0.25) is 0 Å². The van der Waals surface area contributed by atoms with Crippen LogP contribution in [0, 0.1) is 0 Å². The van der Waals surface area contributed by atoms with Crippen LogP contribution in [0.3, 0.4) is 0 Å². The van der Waals surface area contributed by atoms with Crippen LogP contribution in [0.2, 0.25) is 0 Å². The van der Waals surface area contributed by atoms with Crippen molar-refractivity contribution in [2.45, 2.75) is 12.2 Å². The maximum Gasteiger partial charge on any atom is 0.267 e. The normalized spacial score (nSPS) is 15.1. The lowest BCUT2D eigenvalue weighted by Crippen LogP contribution is -2.27. The summed E-state index contributed by atoms with van der Waals surface area (Å²) >= 11 is 0. The molecule has 8 nitrogen and oxygen atoms in total. The maximum atomic E-state index is 9.94.